The van der Waals surface area contributed by atoms with Gasteiger partial charge in [-0.25, -0.2) is 0 Å². The van der Waals surface area contributed by atoms with E-state index in [-0.39, 0.29) is 11.8 Å². The molecule has 0 radical (unpaired) electrons. The molecule has 174 valence electrons. The van der Waals surface area contributed by atoms with Crippen molar-refractivity contribution in [2.45, 2.75) is 45.4 Å². The number of nitrogens with zero attached hydrogens (tertiary/aromatic N) is 4. The molecule has 33 heavy (non-hydrogen) atoms. The molecular weight excluding hydrogens is 412 g/mol. The molecule has 2 fully saturated rings. The Morgan fingerprint density at radius 1 is 1.00 bits per heavy atom. The highest BCUT2D eigenvalue weighted by Gasteiger charge is 2.26. The van der Waals surface area contributed by atoms with Gasteiger partial charge in [-0.3, -0.25) is 4.79 Å². The van der Waals surface area contributed by atoms with Crippen molar-refractivity contribution in [2.75, 3.05) is 42.5 Å². The highest BCUT2D eigenvalue weighted by Crippen LogP contribution is 2.24. The molecule has 7 heteroatoms. The Labute approximate surface area is 195 Å². The van der Waals surface area contributed by atoms with Gasteiger partial charge in [-0.1, -0.05) is 11.6 Å². The van der Waals surface area contributed by atoms with E-state index >= 15 is 0 Å². The number of nitrogens with one attached hydrogen (secondary N) is 2. The van der Waals surface area contributed by atoms with E-state index in [0.717, 1.165) is 62.6 Å². The number of aromatic nitrogens is 3. The second-order valence-electron chi connectivity index (χ2n) is 9.46. The molecule has 0 spiro atoms. The maximum absolute atomic E-state index is 12.7. The first-order valence-corrected chi connectivity index (χ1v) is 12.4. The fourth-order valence-electron chi connectivity index (χ4n) is 5.11. The van der Waals surface area contributed by atoms with Crippen LogP contribution in [-0.4, -0.2) is 53.8 Å². The number of anilines is 2. The first-order chi connectivity index (χ1) is 16.2. The fraction of sp³-hybridized carbons (Fsp3) is 0.500. The van der Waals surface area contributed by atoms with Crippen LogP contribution in [0.15, 0.2) is 36.5 Å². The minimum atomic E-state index is 0.0760. The lowest BCUT2D eigenvalue weighted by atomic mass is 9.96. The zero-order valence-corrected chi connectivity index (χ0v) is 19.5. The zero-order valence-electron chi connectivity index (χ0n) is 19.5. The highest BCUT2D eigenvalue weighted by molar-refractivity contribution is 5.84. The average Bonchev–Trinajstić information content (AvgIpc) is 3.26. The van der Waals surface area contributed by atoms with Gasteiger partial charge in [0, 0.05) is 55.7 Å². The van der Waals surface area contributed by atoms with Crippen molar-refractivity contribution >= 4 is 28.4 Å². The molecule has 3 aromatic rings. The molecule has 2 saturated heterocycles. The quantitative estimate of drug-likeness (QED) is 0.602. The van der Waals surface area contributed by atoms with Crippen LogP contribution in [0, 0.1) is 12.8 Å². The summed E-state index contributed by atoms with van der Waals surface area (Å²) in [4.78, 5) is 20.6. The standard InChI is InChI=1S/C26H34N6O/c1-19-5-6-23-22(17-19)21(18-28-23)9-12-27-26(33)20-10-15-32(16-11-20)25-8-7-24(29-30-25)31-13-3-2-4-14-31/h5-8,17-18,20,28H,2-4,9-16H2,1H3,(H,27,33). The lowest BCUT2D eigenvalue weighted by molar-refractivity contribution is -0.125. The molecule has 2 aliphatic rings. The number of aromatic amines is 1. The summed E-state index contributed by atoms with van der Waals surface area (Å²) < 4.78 is 0. The number of amides is 1. The lowest BCUT2D eigenvalue weighted by Crippen LogP contribution is -2.41. The molecule has 1 aromatic carbocycles. The number of carbonyl (C=O) groups excluding carboxylic acids is 1. The van der Waals surface area contributed by atoms with Gasteiger partial charge in [0.1, 0.15) is 0 Å². The first kappa shape index (κ1) is 21.7. The third kappa shape index (κ3) is 4.97. The SMILES string of the molecule is Cc1ccc2[nH]cc(CCNC(=O)C3CCN(c4ccc(N5CCCCC5)nn4)CC3)c2c1. The molecule has 0 bridgehead atoms. The van der Waals surface area contributed by atoms with E-state index in [9.17, 15) is 4.79 Å². The summed E-state index contributed by atoms with van der Waals surface area (Å²) in [5.74, 6) is 2.16. The normalized spacial score (nSPS) is 17.5. The second-order valence-corrected chi connectivity index (χ2v) is 9.46. The highest BCUT2D eigenvalue weighted by atomic mass is 16.1. The van der Waals surface area contributed by atoms with E-state index < -0.39 is 0 Å². The van der Waals surface area contributed by atoms with Crippen LogP contribution in [0.4, 0.5) is 11.6 Å². The van der Waals surface area contributed by atoms with Gasteiger partial charge in [0.15, 0.2) is 11.6 Å². The Morgan fingerprint density at radius 3 is 2.39 bits per heavy atom. The minimum absolute atomic E-state index is 0.0760. The van der Waals surface area contributed by atoms with E-state index in [1.54, 1.807) is 0 Å². The molecule has 5 rings (SSSR count). The molecule has 2 N–H and O–H groups in total. The monoisotopic (exact) mass is 446 g/mol. The molecule has 2 aromatic heterocycles. The molecule has 0 unspecified atom stereocenters. The van der Waals surface area contributed by atoms with Crippen molar-refractivity contribution in [1.29, 1.82) is 0 Å². The summed E-state index contributed by atoms with van der Waals surface area (Å²) in [6.07, 6.45) is 8.40. The van der Waals surface area contributed by atoms with Gasteiger partial charge in [0.05, 0.1) is 0 Å². The largest absolute Gasteiger partial charge is 0.361 e. The van der Waals surface area contributed by atoms with Crippen LogP contribution in [0.2, 0.25) is 0 Å². The van der Waals surface area contributed by atoms with E-state index in [1.807, 2.05) is 0 Å². The number of aryl methyl sites for hydroxylation is 1. The van der Waals surface area contributed by atoms with Gasteiger partial charge in [0.2, 0.25) is 5.91 Å². The Hall–Kier alpha value is -3.09. The maximum atomic E-state index is 12.7. The maximum Gasteiger partial charge on any atom is 0.223 e. The van der Waals surface area contributed by atoms with Gasteiger partial charge in [-0.15, -0.1) is 10.2 Å². The topological polar surface area (TPSA) is 77.2 Å². The Kier molecular flexibility index (Phi) is 6.46. The van der Waals surface area contributed by atoms with Gasteiger partial charge in [-0.2, -0.15) is 0 Å². The summed E-state index contributed by atoms with van der Waals surface area (Å²) in [6, 6.07) is 10.6. The Bertz CT molecular complexity index is 1080. The van der Waals surface area contributed by atoms with E-state index in [4.69, 9.17) is 0 Å². The second kappa shape index (κ2) is 9.81. The van der Waals surface area contributed by atoms with Crippen LogP contribution < -0.4 is 15.1 Å². The molecule has 2 aliphatic heterocycles. The van der Waals surface area contributed by atoms with Crippen molar-refractivity contribution in [3.63, 3.8) is 0 Å². The molecule has 0 aliphatic carbocycles. The van der Waals surface area contributed by atoms with E-state index in [2.05, 4.69) is 73.8 Å². The summed E-state index contributed by atoms with van der Waals surface area (Å²) >= 11 is 0. The number of fused-ring (bicyclic) bond motifs is 1. The van der Waals surface area contributed by atoms with Crippen molar-refractivity contribution < 1.29 is 4.79 Å². The van der Waals surface area contributed by atoms with Gasteiger partial charge in [0.25, 0.3) is 0 Å². The van der Waals surface area contributed by atoms with Gasteiger partial charge < -0.3 is 20.1 Å². The first-order valence-electron chi connectivity index (χ1n) is 12.4. The predicted molar refractivity (Wildman–Crippen MR) is 133 cm³/mol. The van der Waals surface area contributed by atoms with Crippen molar-refractivity contribution in [2.24, 2.45) is 5.92 Å². The fourth-order valence-corrected chi connectivity index (χ4v) is 5.11. The molecule has 7 nitrogen and oxygen atoms in total. The van der Waals surface area contributed by atoms with Crippen LogP contribution in [0.3, 0.4) is 0 Å². The van der Waals surface area contributed by atoms with Crippen LogP contribution in [0.25, 0.3) is 10.9 Å². The molecule has 4 heterocycles. The Morgan fingerprint density at radius 2 is 1.70 bits per heavy atom. The minimum Gasteiger partial charge on any atom is -0.361 e. The summed E-state index contributed by atoms with van der Waals surface area (Å²) in [5, 5.41) is 13.4. The van der Waals surface area contributed by atoms with E-state index in [1.165, 1.54) is 35.8 Å². The smallest absolute Gasteiger partial charge is 0.223 e. The van der Waals surface area contributed by atoms with Crippen molar-refractivity contribution in [1.82, 2.24) is 20.5 Å². The van der Waals surface area contributed by atoms with Crippen LogP contribution in [0.5, 0.6) is 0 Å². The average molecular weight is 447 g/mol. The summed E-state index contributed by atoms with van der Waals surface area (Å²) in [7, 11) is 0. The number of hydrogen-bond acceptors (Lipinski definition) is 5. The summed E-state index contributed by atoms with van der Waals surface area (Å²) in [6.45, 7) is 6.63. The summed E-state index contributed by atoms with van der Waals surface area (Å²) in [5.41, 5.74) is 3.67. The van der Waals surface area contributed by atoms with Gasteiger partial charge in [-0.05, 0) is 75.3 Å². The number of H-pyrrole nitrogens is 1. The number of hydrogen-bond donors (Lipinski definition) is 2. The lowest BCUT2D eigenvalue weighted by Gasteiger charge is -2.32. The van der Waals surface area contributed by atoms with Crippen LogP contribution in [0.1, 0.15) is 43.2 Å². The van der Waals surface area contributed by atoms with Crippen molar-refractivity contribution in [3.05, 3.63) is 47.7 Å². The number of carbonyl (C=O) groups is 1. The number of benzene rings is 1. The van der Waals surface area contributed by atoms with E-state index in [0.29, 0.717) is 6.54 Å². The Balaban J connectivity index is 1.09. The third-order valence-electron chi connectivity index (χ3n) is 7.12. The number of piperidine rings is 2. The van der Waals surface area contributed by atoms with Crippen LogP contribution >= 0.6 is 0 Å². The van der Waals surface area contributed by atoms with Gasteiger partial charge >= 0.3 is 0 Å². The number of rotatable bonds is 6. The predicted octanol–water partition coefficient (Wildman–Crippen LogP) is 3.83. The molecule has 1 amide bonds. The molecular formula is C26H34N6O. The third-order valence-corrected chi connectivity index (χ3v) is 7.12. The zero-order chi connectivity index (χ0) is 22.6. The van der Waals surface area contributed by atoms with Crippen molar-refractivity contribution in [3.8, 4) is 0 Å². The molecule has 0 atom stereocenters. The molecule has 0 saturated carbocycles. The van der Waals surface area contributed by atoms with Crippen LogP contribution in [-0.2, 0) is 11.2 Å².